The van der Waals surface area contributed by atoms with Crippen molar-refractivity contribution in [1.82, 2.24) is 10.6 Å². The topological polar surface area (TPSA) is 96.3 Å². The van der Waals surface area contributed by atoms with Gasteiger partial charge in [-0.2, -0.15) is 0 Å². The molecule has 9 heteroatoms. The quantitative estimate of drug-likeness (QED) is 0.424. The van der Waals surface area contributed by atoms with Crippen LogP contribution in [0.5, 0.6) is 0 Å². The van der Waals surface area contributed by atoms with Crippen molar-refractivity contribution in [3.8, 4) is 0 Å². The van der Waals surface area contributed by atoms with Crippen LogP contribution in [0.2, 0.25) is 0 Å². The highest BCUT2D eigenvalue weighted by Gasteiger charge is 2.31. The number of hydrogen-bond acceptors (Lipinski definition) is 4. The van der Waals surface area contributed by atoms with Gasteiger partial charge in [0.15, 0.2) is 5.11 Å². The lowest BCUT2D eigenvalue weighted by Crippen LogP contribution is -2.45. The molecule has 2 aromatic carbocycles. The molecular formula is C18H15FN4O3S. The second kappa shape index (κ2) is 7.50. The van der Waals surface area contributed by atoms with Crippen molar-refractivity contribution in [3.63, 3.8) is 0 Å². The Morgan fingerprint density at radius 2 is 2.00 bits per heavy atom. The lowest BCUT2D eigenvalue weighted by molar-refractivity contribution is -0.384. The molecule has 1 amide bonds. The minimum absolute atomic E-state index is 0.0359. The molecular weight excluding hydrogens is 371 g/mol. The highest BCUT2D eigenvalue weighted by molar-refractivity contribution is 7.80. The number of nitrogens with zero attached hydrogens (tertiary/aromatic N) is 1. The number of carbonyl (C=O) groups is 1. The van der Waals surface area contributed by atoms with Crippen LogP contribution in [0.1, 0.15) is 18.5 Å². The third-order valence-corrected chi connectivity index (χ3v) is 4.27. The van der Waals surface area contributed by atoms with Crippen LogP contribution in [0.3, 0.4) is 0 Å². The zero-order chi connectivity index (χ0) is 19.6. The average molecular weight is 386 g/mol. The van der Waals surface area contributed by atoms with E-state index in [-0.39, 0.29) is 22.1 Å². The molecule has 138 valence electrons. The van der Waals surface area contributed by atoms with E-state index in [1.165, 1.54) is 36.4 Å². The molecule has 1 aliphatic heterocycles. The van der Waals surface area contributed by atoms with Crippen LogP contribution in [0.25, 0.3) is 0 Å². The summed E-state index contributed by atoms with van der Waals surface area (Å²) in [6.45, 7) is 1.66. The van der Waals surface area contributed by atoms with Gasteiger partial charge in [-0.05, 0) is 36.8 Å². The third kappa shape index (κ3) is 3.93. The van der Waals surface area contributed by atoms with Crippen molar-refractivity contribution in [2.75, 3.05) is 5.32 Å². The molecule has 0 radical (unpaired) electrons. The van der Waals surface area contributed by atoms with E-state index in [2.05, 4.69) is 16.0 Å². The summed E-state index contributed by atoms with van der Waals surface area (Å²) in [4.78, 5) is 23.4. The van der Waals surface area contributed by atoms with Gasteiger partial charge in [0.2, 0.25) is 0 Å². The molecule has 0 unspecified atom stereocenters. The van der Waals surface area contributed by atoms with Gasteiger partial charge in [0.1, 0.15) is 5.82 Å². The normalized spacial score (nSPS) is 16.4. The molecule has 0 aromatic heterocycles. The number of hydrogen-bond donors (Lipinski definition) is 3. The number of non-ortho nitro benzene ring substituents is 1. The molecule has 0 bridgehead atoms. The Morgan fingerprint density at radius 3 is 2.70 bits per heavy atom. The van der Waals surface area contributed by atoms with Gasteiger partial charge in [-0.3, -0.25) is 14.9 Å². The summed E-state index contributed by atoms with van der Waals surface area (Å²) in [6, 6.07) is 11.0. The van der Waals surface area contributed by atoms with Crippen LogP contribution in [0.4, 0.5) is 15.8 Å². The van der Waals surface area contributed by atoms with E-state index in [1.54, 1.807) is 19.1 Å². The van der Waals surface area contributed by atoms with Gasteiger partial charge in [-0.25, -0.2) is 4.39 Å². The highest BCUT2D eigenvalue weighted by Crippen LogP contribution is 2.30. The van der Waals surface area contributed by atoms with Gasteiger partial charge < -0.3 is 16.0 Å². The maximum Gasteiger partial charge on any atom is 0.269 e. The van der Waals surface area contributed by atoms with E-state index in [4.69, 9.17) is 12.2 Å². The van der Waals surface area contributed by atoms with E-state index < -0.39 is 22.7 Å². The molecule has 3 rings (SSSR count). The number of carbonyl (C=O) groups excluding carboxylic acids is 1. The number of nitro groups is 1. The van der Waals surface area contributed by atoms with Crippen molar-refractivity contribution in [2.45, 2.75) is 13.0 Å². The predicted molar refractivity (Wildman–Crippen MR) is 102 cm³/mol. The van der Waals surface area contributed by atoms with Gasteiger partial charge in [0, 0.05) is 17.8 Å². The summed E-state index contributed by atoms with van der Waals surface area (Å²) in [5.41, 5.74) is 1.15. The summed E-state index contributed by atoms with van der Waals surface area (Å²) in [5, 5.41) is 19.7. The second-order valence-corrected chi connectivity index (χ2v) is 6.26. The number of amides is 1. The number of allylic oxidation sites excluding steroid dienone is 1. The van der Waals surface area contributed by atoms with Crippen molar-refractivity contribution >= 4 is 34.6 Å². The minimum Gasteiger partial charge on any atom is -0.351 e. The zero-order valence-corrected chi connectivity index (χ0v) is 15.0. The third-order valence-electron chi connectivity index (χ3n) is 4.05. The number of rotatable bonds is 4. The van der Waals surface area contributed by atoms with Crippen LogP contribution in [0, 0.1) is 15.9 Å². The van der Waals surface area contributed by atoms with Crippen molar-refractivity contribution in [3.05, 3.63) is 81.3 Å². The summed E-state index contributed by atoms with van der Waals surface area (Å²) in [5.74, 6) is -1.11. The monoisotopic (exact) mass is 386 g/mol. The van der Waals surface area contributed by atoms with Gasteiger partial charge in [-0.15, -0.1) is 0 Å². The lowest BCUT2D eigenvalue weighted by atomic mass is 9.94. The Bertz CT molecular complexity index is 977. The summed E-state index contributed by atoms with van der Waals surface area (Å²) < 4.78 is 13.9. The first-order chi connectivity index (χ1) is 12.9. The summed E-state index contributed by atoms with van der Waals surface area (Å²) in [6.07, 6.45) is 0. The van der Waals surface area contributed by atoms with E-state index in [1.807, 2.05) is 0 Å². The Kier molecular flexibility index (Phi) is 5.13. The first-order valence-corrected chi connectivity index (χ1v) is 8.36. The fourth-order valence-electron chi connectivity index (χ4n) is 2.82. The van der Waals surface area contributed by atoms with E-state index in [9.17, 15) is 19.3 Å². The van der Waals surface area contributed by atoms with Crippen molar-refractivity contribution < 1.29 is 14.1 Å². The SMILES string of the molecule is CC1=C(C(=O)Nc2ccccc2F)[C@@H](c2cccc([N+](=O)[O-])c2)NC(=S)N1. The standard InChI is InChI=1S/C18H15FN4O3S/c1-10-15(17(24)21-14-8-3-2-7-13(14)19)16(22-18(27)20-10)11-5-4-6-12(9-11)23(25)26/h2-9,16H,1H3,(H,21,24)(H2,20,22,27)/t16-/m1/s1. The molecule has 0 saturated carbocycles. The Labute approximate surface area is 159 Å². The Hall–Kier alpha value is -3.33. The summed E-state index contributed by atoms with van der Waals surface area (Å²) >= 11 is 5.15. The minimum atomic E-state index is -0.717. The smallest absolute Gasteiger partial charge is 0.269 e. The van der Waals surface area contributed by atoms with Crippen molar-refractivity contribution in [1.29, 1.82) is 0 Å². The van der Waals surface area contributed by atoms with Gasteiger partial charge in [-0.1, -0.05) is 24.3 Å². The average Bonchev–Trinajstić information content (AvgIpc) is 2.63. The number of nitrogens with one attached hydrogen (secondary N) is 3. The Balaban J connectivity index is 1.99. The molecule has 0 aliphatic carbocycles. The molecule has 1 aliphatic rings. The van der Waals surface area contributed by atoms with E-state index in [0.717, 1.165) is 0 Å². The van der Waals surface area contributed by atoms with Gasteiger partial charge >= 0.3 is 0 Å². The maximum absolute atomic E-state index is 13.9. The van der Waals surface area contributed by atoms with Gasteiger partial charge in [0.25, 0.3) is 11.6 Å². The molecule has 0 saturated heterocycles. The van der Waals surface area contributed by atoms with Crippen LogP contribution in [0.15, 0.2) is 59.8 Å². The number of para-hydroxylation sites is 1. The highest BCUT2D eigenvalue weighted by atomic mass is 32.1. The number of benzene rings is 2. The predicted octanol–water partition coefficient (Wildman–Crippen LogP) is 3.17. The fourth-order valence-corrected chi connectivity index (χ4v) is 3.09. The largest absolute Gasteiger partial charge is 0.351 e. The van der Waals surface area contributed by atoms with Crippen LogP contribution in [-0.4, -0.2) is 15.9 Å². The molecule has 0 fully saturated rings. The molecule has 1 atom stereocenters. The van der Waals surface area contributed by atoms with Crippen LogP contribution in [-0.2, 0) is 4.79 Å². The van der Waals surface area contributed by atoms with Crippen LogP contribution < -0.4 is 16.0 Å². The molecule has 2 aromatic rings. The first-order valence-electron chi connectivity index (χ1n) is 7.95. The maximum atomic E-state index is 13.9. The second-order valence-electron chi connectivity index (χ2n) is 5.86. The molecule has 7 nitrogen and oxygen atoms in total. The number of halogens is 1. The fraction of sp³-hybridized carbons (Fsp3) is 0.111. The van der Waals surface area contributed by atoms with Gasteiger partial charge in [0.05, 0.1) is 22.2 Å². The lowest BCUT2D eigenvalue weighted by Gasteiger charge is -2.30. The van der Waals surface area contributed by atoms with E-state index >= 15 is 0 Å². The zero-order valence-electron chi connectivity index (χ0n) is 14.2. The molecule has 1 heterocycles. The molecule has 3 N–H and O–H groups in total. The van der Waals surface area contributed by atoms with E-state index in [0.29, 0.717) is 11.3 Å². The Morgan fingerprint density at radius 1 is 1.26 bits per heavy atom. The first kappa shape index (κ1) is 18.5. The number of anilines is 1. The summed E-state index contributed by atoms with van der Waals surface area (Å²) in [7, 11) is 0. The number of thiocarbonyl (C=S) groups is 1. The van der Waals surface area contributed by atoms with Crippen molar-refractivity contribution in [2.24, 2.45) is 0 Å². The van der Waals surface area contributed by atoms with Crippen LogP contribution >= 0.6 is 12.2 Å². The molecule has 27 heavy (non-hydrogen) atoms. The number of nitro benzene ring substituents is 1. The molecule has 0 spiro atoms.